The zero-order chi connectivity index (χ0) is 43.9. The minimum Gasteiger partial charge on any atom is -0.480 e. The number of carbonyl (C=O) groups excluding carboxylic acids is 9. The largest absolute Gasteiger partial charge is 0.480 e. The number of nitrogens with one attached hydrogen (secondary N) is 10. The lowest BCUT2D eigenvalue weighted by Gasteiger charge is -2.26. The standard InChI is InChI=1S/C34H59N13O11/c1-4-17(2)27(47-26(51)16-42-29(53)20(9-11-23(35)48)45-30(54)19-7-5-13-39-19)32(56)43-18(3)28(52)41-15-25(50)44-21(10-12-24(36)49)31(55)46-22(33(57)58)8-6-14-40-34(37)38/h17-22,27,39H,4-16H2,1-3H3,(H2,35,48)(H2,36,49)(H,41,52)(H,42,53)(H,43,56)(H,44,50)(H,45,54)(H,46,55)(H,47,51)(H,57,58)(H4,37,38,40)/t17-,18-,19-,20-,21-,22-,27-/m0/s1. The molecule has 0 bridgehead atoms. The van der Waals surface area contributed by atoms with Crippen molar-refractivity contribution in [2.24, 2.45) is 23.1 Å². The van der Waals surface area contributed by atoms with Gasteiger partial charge in [-0.05, 0) is 57.9 Å². The molecule has 24 nitrogen and oxygen atoms in total. The summed E-state index contributed by atoms with van der Waals surface area (Å²) < 4.78 is 0. The molecule has 326 valence electrons. The highest BCUT2D eigenvalue weighted by atomic mass is 16.4. The molecular weight excluding hydrogens is 766 g/mol. The summed E-state index contributed by atoms with van der Waals surface area (Å²) in [4.78, 5) is 125. The van der Waals surface area contributed by atoms with Gasteiger partial charge in [0.15, 0.2) is 5.96 Å². The third-order valence-corrected chi connectivity index (χ3v) is 9.03. The molecule has 1 heterocycles. The van der Waals surface area contributed by atoms with Crippen LogP contribution < -0.4 is 65.1 Å². The van der Waals surface area contributed by atoms with Crippen LogP contribution in [0.15, 0.2) is 0 Å². The fourth-order valence-electron chi connectivity index (χ4n) is 5.50. The van der Waals surface area contributed by atoms with Gasteiger partial charge in [-0.3, -0.25) is 48.6 Å². The van der Waals surface area contributed by atoms with Gasteiger partial charge in [-0.15, -0.1) is 0 Å². The van der Waals surface area contributed by atoms with Crippen molar-refractivity contribution in [2.75, 3.05) is 26.2 Å². The smallest absolute Gasteiger partial charge is 0.326 e. The van der Waals surface area contributed by atoms with Crippen molar-refractivity contribution >= 4 is 65.1 Å². The fourth-order valence-corrected chi connectivity index (χ4v) is 5.50. The average molecular weight is 826 g/mol. The zero-order valence-electron chi connectivity index (χ0n) is 33.0. The van der Waals surface area contributed by atoms with Crippen LogP contribution in [0.1, 0.15) is 78.6 Å². The van der Waals surface area contributed by atoms with Crippen molar-refractivity contribution in [3.8, 4) is 0 Å². The summed E-state index contributed by atoms with van der Waals surface area (Å²) in [5, 5.41) is 39.0. The second-order valence-corrected chi connectivity index (χ2v) is 13.8. The topological polar surface area (TPSA) is 401 Å². The number of carboxylic acid groups (broad SMARTS) is 1. The van der Waals surface area contributed by atoms with Crippen LogP contribution in [0, 0.1) is 11.3 Å². The maximum absolute atomic E-state index is 13.3. The van der Waals surface area contributed by atoms with Crippen molar-refractivity contribution in [3.05, 3.63) is 0 Å². The molecule has 0 aliphatic carbocycles. The van der Waals surface area contributed by atoms with Gasteiger partial charge in [-0.2, -0.15) is 0 Å². The summed E-state index contributed by atoms with van der Waals surface area (Å²) in [6.45, 7) is 4.24. The van der Waals surface area contributed by atoms with Crippen LogP contribution in [-0.4, -0.2) is 133 Å². The highest BCUT2D eigenvalue weighted by Gasteiger charge is 2.31. The van der Waals surface area contributed by atoms with Gasteiger partial charge in [-0.1, -0.05) is 20.3 Å². The molecule has 1 fully saturated rings. The van der Waals surface area contributed by atoms with Crippen molar-refractivity contribution in [2.45, 2.75) is 115 Å². The molecule has 0 radical (unpaired) electrons. The Morgan fingerprint density at radius 2 is 1.28 bits per heavy atom. The number of guanidine groups is 1. The maximum Gasteiger partial charge on any atom is 0.326 e. The van der Waals surface area contributed by atoms with Crippen molar-refractivity contribution in [1.29, 1.82) is 5.41 Å². The van der Waals surface area contributed by atoms with E-state index >= 15 is 0 Å². The van der Waals surface area contributed by atoms with E-state index in [1.54, 1.807) is 13.8 Å². The van der Waals surface area contributed by atoms with E-state index in [0.717, 1.165) is 6.42 Å². The summed E-state index contributed by atoms with van der Waals surface area (Å²) in [5.41, 5.74) is 15.6. The molecule has 1 rings (SSSR count). The molecule has 0 aromatic carbocycles. The average Bonchev–Trinajstić information content (AvgIpc) is 3.71. The van der Waals surface area contributed by atoms with Crippen LogP contribution in [0.4, 0.5) is 0 Å². The maximum atomic E-state index is 13.3. The molecule has 9 amide bonds. The van der Waals surface area contributed by atoms with Crippen molar-refractivity contribution < 1.29 is 53.1 Å². The van der Waals surface area contributed by atoms with Gasteiger partial charge in [0.1, 0.15) is 30.2 Å². The van der Waals surface area contributed by atoms with Crippen LogP contribution in [-0.2, 0) is 47.9 Å². The van der Waals surface area contributed by atoms with E-state index in [9.17, 15) is 53.1 Å². The molecule has 0 spiro atoms. The van der Waals surface area contributed by atoms with E-state index in [1.807, 2.05) is 0 Å². The molecule has 1 aliphatic heterocycles. The second kappa shape index (κ2) is 26.0. The lowest BCUT2D eigenvalue weighted by atomic mass is 9.98. The van der Waals surface area contributed by atoms with E-state index in [4.69, 9.17) is 22.6 Å². The van der Waals surface area contributed by atoms with Gasteiger partial charge in [0, 0.05) is 19.4 Å². The molecule has 0 unspecified atom stereocenters. The predicted octanol–water partition coefficient (Wildman–Crippen LogP) is -5.66. The van der Waals surface area contributed by atoms with Gasteiger partial charge in [-0.25, -0.2) is 4.79 Å². The summed E-state index contributed by atoms with van der Waals surface area (Å²) in [6.07, 6.45) is 0.952. The Hall–Kier alpha value is -6.07. The molecule has 0 saturated carbocycles. The highest BCUT2D eigenvalue weighted by Crippen LogP contribution is 2.09. The Kier molecular flexibility index (Phi) is 22.4. The third-order valence-electron chi connectivity index (χ3n) is 9.03. The summed E-state index contributed by atoms with van der Waals surface area (Å²) in [7, 11) is 0. The lowest BCUT2D eigenvalue weighted by Crippen LogP contribution is -2.57. The van der Waals surface area contributed by atoms with E-state index in [1.165, 1.54) is 6.92 Å². The Bertz CT molecular complexity index is 1510. The lowest BCUT2D eigenvalue weighted by molar-refractivity contribution is -0.142. The Morgan fingerprint density at radius 3 is 1.79 bits per heavy atom. The molecule has 1 aliphatic rings. The van der Waals surface area contributed by atoms with Crippen LogP contribution in [0.3, 0.4) is 0 Å². The molecule has 24 heteroatoms. The Morgan fingerprint density at radius 1 is 0.707 bits per heavy atom. The van der Waals surface area contributed by atoms with Crippen LogP contribution in [0.2, 0.25) is 0 Å². The Balaban J connectivity index is 2.80. The number of nitrogens with two attached hydrogens (primary N) is 3. The first-order valence-corrected chi connectivity index (χ1v) is 18.9. The first-order valence-electron chi connectivity index (χ1n) is 18.9. The number of aliphatic carboxylic acids is 1. The van der Waals surface area contributed by atoms with Crippen molar-refractivity contribution in [3.63, 3.8) is 0 Å². The van der Waals surface area contributed by atoms with Gasteiger partial charge < -0.3 is 70.2 Å². The second-order valence-electron chi connectivity index (χ2n) is 13.8. The van der Waals surface area contributed by atoms with E-state index in [-0.39, 0.29) is 51.0 Å². The zero-order valence-corrected chi connectivity index (χ0v) is 33.0. The number of hydrogen-bond acceptors (Lipinski definition) is 12. The minimum absolute atomic E-state index is 0.0603. The van der Waals surface area contributed by atoms with Gasteiger partial charge in [0.25, 0.3) is 0 Å². The first kappa shape index (κ1) is 49.9. The monoisotopic (exact) mass is 825 g/mol. The summed E-state index contributed by atoms with van der Waals surface area (Å²) in [5.74, 6) is -9.01. The number of primary amides is 2. The third kappa shape index (κ3) is 19.7. The summed E-state index contributed by atoms with van der Waals surface area (Å²) in [6, 6.07) is -6.87. The number of rotatable bonds is 27. The molecule has 1 saturated heterocycles. The first-order chi connectivity index (χ1) is 27.2. The molecule has 0 aromatic rings. The van der Waals surface area contributed by atoms with Crippen LogP contribution in [0.25, 0.3) is 0 Å². The Labute approximate surface area is 335 Å². The van der Waals surface area contributed by atoms with Gasteiger partial charge >= 0.3 is 5.97 Å². The van der Waals surface area contributed by atoms with E-state index in [0.29, 0.717) is 19.4 Å². The van der Waals surface area contributed by atoms with E-state index in [2.05, 4.69) is 47.9 Å². The van der Waals surface area contributed by atoms with Crippen LogP contribution in [0.5, 0.6) is 0 Å². The number of carbonyl (C=O) groups is 10. The van der Waals surface area contributed by atoms with Crippen LogP contribution >= 0.6 is 0 Å². The number of hydrogen-bond donors (Lipinski definition) is 14. The number of amides is 9. The molecular formula is C34H59N13O11. The highest BCUT2D eigenvalue weighted by molar-refractivity contribution is 5.96. The molecule has 58 heavy (non-hydrogen) atoms. The van der Waals surface area contributed by atoms with Crippen molar-refractivity contribution in [1.82, 2.24) is 47.9 Å². The van der Waals surface area contributed by atoms with E-state index < -0.39 is 114 Å². The normalized spacial score (nSPS) is 16.4. The quantitative estimate of drug-likeness (QED) is 0.0209. The van der Waals surface area contributed by atoms with Gasteiger partial charge in [0.2, 0.25) is 53.2 Å². The number of carboxylic acids is 1. The fraction of sp³-hybridized carbons (Fsp3) is 0.676. The predicted molar refractivity (Wildman–Crippen MR) is 205 cm³/mol. The molecule has 0 aromatic heterocycles. The molecule has 17 N–H and O–H groups in total. The molecule has 7 atom stereocenters. The SMILES string of the molecule is CC[C@H](C)[C@H](NC(=O)CNC(=O)[C@H](CCC(N)=O)NC(=O)[C@@H]1CCCN1)C(=O)N[C@@H](C)C(=O)NCC(=O)N[C@@H](CCC(N)=O)C(=O)N[C@@H](CCCNC(=N)N)C(=O)O. The van der Waals surface area contributed by atoms with Gasteiger partial charge in [0.05, 0.1) is 19.1 Å². The summed E-state index contributed by atoms with van der Waals surface area (Å²) >= 11 is 0. The minimum atomic E-state index is -1.41.